The van der Waals surface area contributed by atoms with Gasteiger partial charge in [-0.15, -0.1) is 0 Å². The summed E-state index contributed by atoms with van der Waals surface area (Å²) in [6.45, 7) is 2.22. The molecule has 0 bridgehead atoms. The zero-order valence-electron chi connectivity index (χ0n) is 16.2. The zero-order valence-corrected chi connectivity index (χ0v) is 16.2. The van der Waals surface area contributed by atoms with Crippen molar-refractivity contribution in [3.63, 3.8) is 0 Å². The third-order valence-electron chi connectivity index (χ3n) is 7.46. The number of rotatable bonds is 2. The summed E-state index contributed by atoms with van der Waals surface area (Å²) in [7, 11) is 0. The summed E-state index contributed by atoms with van der Waals surface area (Å²) >= 11 is 0. The molecule has 2 aromatic rings. The van der Waals surface area contributed by atoms with Gasteiger partial charge in [0.1, 0.15) is 0 Å². The fourth-order valence-electron chi connectivity index (χ4n) is 6.33. The zero-order chi connectivity index (χ0) is 18.5. The number of fused-ring (bicyclic) bond motifs is 1. The number of benzene rings is 1. The molecule has 3 nitrogen and oxygen atoms in total. The van der Waals surface area contributed by atoms with Gasteiger partial charge in [-0.05, 0) is 36.7 Å². The maximum atomic E-state index is 13.7. The van der Waals surface area contributed by atoms with E-state index in [0.29, 0.717) is 5.78 Å². The molecule has 3 aliphatic carbocycles. The summed E-state index contributed by atoms with van der Waals surface area (Å²) in [5.74, 6) is 0.399. The standard InChI is InChI=1S/C24H28N2O/c1-2-24(18-9-5-3-6-10-18)19-16-25-26-20(19)13-17-14-23(11-7-4-8-12-23)15-21(27)22(17)24/h3,5-6,9-10,16H,2,4,7-8,11-15H2,1H3,(H,25,26)/t24-/m1/s1. The maximum absolute atomic E-state index is 13.7. The molecule has 0 unspecified atom stereocenters. The van der Waals surface area contributed by atoms with Crippen LogP contribution in [-0.4, -0.2) is 16.0 Å². The highest BCUT2D eigenvalue weighted by Crippen LogP contribution is 2.56. The Kier molecular flexibility index (Phi) is 3.89. The smallest absolute Gasteiger partial charge is 0.160 e. The monoisotopic (exact) mass is 360 g/mol. The second kappa shape index (κ2) is 6.19. The maximum Gasteiger partial charge on any atom is 0.160 e. The second-order valence-electron chi connectivity index (χ2n) is 8.88. The lowest BCUT2D eigenvalue weighted by Gasteiger charge is -2.48. The van der Waals surface area contributed by atoms with Crippen LogP contribution in [-0.2, 0) is 16.6 Å². The summed E-state index contributed by atoms with van der Waals surface area (Å²) in [6.07, 6.45) is 11.9. The van der Waals surface area contributed by atoms with E-state index in [1.807, 2.05) is 6.20 Å². The molecular formula is C24H28N2O. The van der Waals surface area contributed by atoms with E-state index in [-0.39, 0.29) is 10.8 Å². The Labute approximate surface area is 161 Å². The molecule has 1 atom stereocenters. The van der Waals surface area contributed by atoms with Gasteiger partial charge in [0.05, 0.1) is 11.6 Å². The minimum Gasteiger partial charge on any atom is -0.294 e. The van der Waals surface area contributed by atoms with E-state index in [9.17, 15) is 4.79 Å². The first-order valence-corrected chi connectivity index (χ1v) is 10.5. The number of hydrogen-bond acceptors (Lipinski definition) is 2. The van der Waals surface area contributed by atoms with Crippen molar-refractivity contribution in [2.75, 3.05) is 0 Å². The molecule has 140 valence electrons. The molecule has 3 heteroatoms. The van der Waals surface area contributed by atoms with E-state index in [2.05, 4.69) is 47.5 Å². The predicted octanol–water partition coefficient (Wildman–Crippen LogP) is 5.27. The Hall–Kier alpha value is -2.16. The van der Waals surface area contributed by atoms with Gasteiger partial charge in [-0.3, -0.25) is 9.89 Å². The highest BCUT2D eigenvalue weighted by atomic mass is 16.1. The van der Waals surface area contributed by atoms with Crippen molar-refractivity contribution in [3.05, 3.63) is 64.5 Å². The number of Topliss-reactive ketones (excluding diaryl/α,β-unsaturated/α-hetero) is 1. The van der Waals surface area contributed by atoms with Crippen molar-refractivity contribution in [2.24, 2.45) is 5.41 Å². The van der Waals surface area contributed by atoms with Gasteiger partial charge in [0.2, 0.25) is 0 Å². The van der Waals surface area contributed by atoms with Crippen LogP contribution in [0.3, 0.4) is 0 Å². The molecule has 27 heavy (non-hydrogen) atoms. The first-order chi connectivity index (χ1) is 13.2. The number of carbonyl (C=O) groups excluding carboxylic acids is 1. The van der Waals surface area contributed by atoms with Crippen LogP contribution in [0.25, 0.3) is 0 Å². The van der Waals surface area contributed by atoms with Crippen LogP contribution in [0.2, 0.25) is 0 Å². The number of ketones is 1. The highest BCUT2D eigenvalue weighted by molar-refractivity contribution is 6.01. The third-order valence-corrected chi connectivity index (χ3v) is 7.46. The van der Waals surface area contributed by atoms with Crippen molar-refractivity contribution in [3.8, 4) is 0 Å². The van der Waals surface area contributed by atoms with Gasteiger partial charge in [-0.2, -0.15) is 5.10 Å². The second-order valence-corrected chi connectivity index (χ2v) is 8.88. The average molecular weight is 361 g/mol. The minimum absolute atomic E-state index is 0.224. The van der Waals surface area contributed by atoms with Crippen LogP contribution in [0.1, 0.15) is 75.1 Å². The van der Waals surface area contributed by atoms with Gasteiger partial charge in [0, 0.05) is 29.7 Å². The topological polar surface area (TPSA) is 45.8 Å². The van der Waals surface area contributed by atoms with Gasteiger partial charge >= 0.3 is 0 Å². The van der Waals surface area contributed by atoms with E-state index >= 15 is 0 Å². The number of carbonyl (C=O) groups is 1. The van der Waals surface area contributed by atoms with Crippen molar-refractivity contribution < 1.29 is 4.79 Å². The predicted molar refractivity (Wildman–Crippen MR) is 107 cm³/mol. The lowest BCUT2D eigenvalue weighted by atomic mass is 9.54. The van der Waals surface area contributed by atoms with Crippen molar-refractivity contribution in [1.29, 1.82) is 0 Å². The SMILES string of the molecule is CC[C@]1(c2ccccc2)C2=C(Cc3[nH]ncc31)CC1(CCCCC1)CC2=O. The van der Waals surface area contributed by atoms with E-state index < -0.39 is 0 Å². The highest BCUT2D eigenvalue weighted by Gasteiger charge is 2.51. The molecule has 1 heterocycles. The molecule has 1 N–H and O–H groups in total. The van der Waals surface area contributed by atoms with Gasteiger partial charge in [0.25, 0.3) is 0 Å². The largest absolute Gasteiger partial charge is 0.294 e. The van der Waals surface area contributed by atoms with Gasteiger partial charge in [-0.1, -0.05) is 62.1 Å². The number of hydrogen-bond donors (Lipinski definition) is 1. The van der Waals surface area contributed by atoms with Crippen molar-refractivity contribution in [2.45, 2.75) is 70.1 Å². The number of nitrogens with one attached hydrogen (secondary N) is 1. The molecule has 1 aromatic carbocycles. The molecule has 0 radical (unpaired) electrons. The fourth-order valence-corrected chi connectivity index (χ4v) is 6.33. The lowest BCUT2D eigenvalue weighted by molar-refractivity contribution is -0.120. The average Bonchev–Trinajstić information content (AvgIpc) is 3.16. The molecule has 1 fully saturated rings. The van der Waals surface area contributed by atoms with Crippen LogP contribution in [0.5, 0.6) is 0 Å². The first kappa shape index (κ1) is 17.0. The summed E-state index contributed by atoms with van der Waals surface area (Å²) in [6, 6.07) is 10.6. The summed E-state index contributed by atoms with van der Waals surface area (Å²) in [4.78, 5) is 13.7. The quantitative estimate of drug-likeness (QED) is 0.793. The number of nitrogens with zero attached hydrogens (tertiary/aromatic N) is 1. The van der Waals surface area contributed by atoms with Gasteiger partial charge in [-0.25, -0.2) is 0 Å². The molecule has 1 saturated carbocycles. The number of aromatic amines is 1. The summed E-state index contributed by atoms with van der Waals surface area (Å²) in [5, 5.41) is 7.66. The molecule has 5 rings (SSSR count). The van der Waals surface area contributed by atoms with Crippen LogP contribution < -0.4 is 0 Å². The van der Waals surface area contributed by atoms with Crippen LogP contribution in [0.15, 0.2) is 47.7 Å². The Morgan fingerprint density at radius 2 is 1.85 bits per heavy atom. The number of H-pyrrole nitrogens is 1. The van der Waals surface area contributed by atoms with Crippen molar-refractivity contribution in [1.82, 2.24) is 10.2 Å². The normalized spacial score (nSPS) is 26.8. The molecule has 1 spiro atoms. The first-order valence-electron chi connectivity index (χ1n) is 10.5. The van der Waals surface area contributed by atoms with E-state index in [0.717, 1.165) is 31.3 Å². The summed E-state index contributed by atoms with van der Waals surface area (Å²) < 4.78 is 0. The molecule has 3 aliphatic rings. The van der Waals surface area contributed by atoms with Crippen LogP contribution in [0, 0.1) is 5.41 Å². The van der Waals surface area contributed by atoms with Crippen LogP contribution >= 0.6 is 0 Å². The van der Waals surface area contributed by atoms with E-state index in [1.54, 1.807) is 0 Å². The molecule has 0 aliphatic heterocycles. The van der Waals surface area contributed by atoms with Gasteiger partial charge < -0.3 is 0 Å². The Morgan fingerprint density at radius 1 is 1.07 bits per heavy atom. The molecule has 0 saturated heterocycles. The Morgan fingerprint density at radius 3 is 2.59 bits per heavy atom. The van der Waals surface area contributed by atoms with Crippen molar-refractivity contribution >= 4 is 5.78 Å². The fraction of sp³-hybridized carbons (Fsp3) is 0.500. The lowest BCUT2D eigenvalue weighted by Crippen LogP contribution is -2.44. The van der Waals surface area contributed by atoms with Crippen LogP contribution in [0.4, 0.5) is 0 Å². The number of allylic oxidation sites excluding steroid dienone is 2. The minimum atomic E-state index is -0.343. The summed E-state index contributed by atoms with van der Waals surface area (Å²) in [5.41, 5.74) is 6.02. The Bertz CT molecular complexity index is 901. The van der Waals surface area contributed by atoms with E-state index in [4.69, 9.17) is 0 Å². The number of aromatic nitrogens is 2. The van der Waals surface area contributed by atoms with E-state index in [1.165, 1.54) is 54.5 Å². The van der Waals surface area contributed by atoms with Gasteiger partial charge in [0.15, 0.2) is 5.78 Å². The molecule has 0 amide bonds. The molecule has 1 aromatic heterocycles. The molecular weight excluding hydrogens is 332 g/mol. The Balaban J connectivity index is 1.71. The third kappa shape index (κ3) is 2.40.